The molecule has 2 aromatic rings. The third-order valence-electron chi connectivity index (χ3n) is 2.98. The number of ether oxygens (including phenoxy) is 1. The third-order valence-corrected chi connectivity index (χ3v) is 3.96. The van der Waals surface area contributed by atoms with E-state index in [0.29, 0.717) is 6.61 Å². The normalized spacial score (nSPS) is 11.2. The van der Waals surface area contributed by atoms with E-state index in [9.17, 15) is 0 Å². The van der Waals surface area contributed by atoms with Crippen LogP contribution in [0.25, 0.3) is 10.2 Å². The summed E-state index contributed by atoms with van der Waals surface area (Å²) in [5.41, 5.74) is 1.04. The van der Waals surface area contributed by atoms with Crippen LogP contribution in [0.3, 0.4) is 0 Å². The van der Waals surface area contributed by atoms with Crippen molar-refractivity contribution in [2.24, 2.45) is 0 Å². The lowest BCUT2D eigenvalue weighted by Crippen LogP contribution is -2.14. The summed E-state index contributed by atoms with van der Waals surface area (Å²) >= 11 is 1.69. The summed E-state index contributed by atoms with van der Waals surface area (Å²) in [5, 5.41) is 4.41. The maximum Gasteiger partial charge on any atom is 0.183 e. The molecule has 0 atom stereocenters. The number of hydrogen-bond donors (Lipinski definition) is 1. The van der Waals surface area contributed by atoms with Crippen LogP contribution >= 0.6 is 11.3 Å². The van der Waals surface area contributed by atoms with Crippen LogP contribution in [0, 0.1) is 0 Å². The summed E-state index contributed by atoms with van der Waals surface area (Å²) in [6, 6.07) is 6.06. The summed E-state index contributed by atoms with van der Waals surface area (Å²) in [7, 11) is 4.22. The number of nitrogens with zero attached hydrogens (tertiary/aromatic N) is 2. The van der Waals surface area contributed by atoms with E-state index in [2.05, 4.69) is 35.4 Å². The van der Waals surface area contributed by atoms with Crippen molar-refractivity contribution in [2.45, 2.75) is 19.8 Å². The van der Waals surface area contributed by atoms with Crippen LogP contribution in [0.2, 0.25) is 0 Å². The number of aromatic nitrogens is 1. The topological polar surface area (TPSA) is 37.4 Å². The van der Waals surface area contributed by atoms with Gasteiger partial charge in [0.05, 0.1) is 16.8 Å². The van der Waals surface area contributed by atoms with E-state index in [1.54, 1.807) is 11.3 Å². The monoisotopic (exact) mass is 293 g/mol. The molecule has 5 heteroatoms. The van der Waals surface area contributed by atoms with Gasteiger partial charge < -0.3 is 15.0 Å². The molecular formula is C15H23N3OS. The van der Waals surface area contributed by atoms with Crippen LogP contribution in [0.15, 0.2) is 18.2 Å². The molecule has 0 aliphatic rings. The molecule has 0 unspecified atom stereocenters. The van der Waals surface area contributed by atoms with Crippen molar-refractivity contribution in [3.63, 3.8) is 0 Å². The molecule has 0 amide bonds. The molecule has 0 aliphatic heterocycles. The molecule has 20 heavy (non-hydrogen) atoms. The first-order chi connectivity index (χ1) is 9.69. The molecule has 1 aromatic carbocycles. The molecule has 0 spiro atoms. The fourth-order valence-corrected chi connectivity index (χ4v) is 2.91. The number of anilines is 1. The van der Waals surface area contributed by atoms with Crippen molar-refractivity contribution in [2.75, 3.05) is 39.1 Å². The minimum Gasteiger partial charge on any atom is -0.494 e. The van der Waals surface area contributed by atoms with E-state index in [1.807, 2.05) is 19.1 Å². The maximum absolute atomic E-state index is 5.51. The molecule has 0 radical (unpaired) electrons. The second kappa shape index (κ2) is 7.45. The van der Waals surface area contributed by atoms with Gasteiger partial charge in [0.25, 0.3) is 0 Å². The van der Waals surface area contributed by atoms with Gasteiger partial charge in [-0.15, -0.1) is 0 Å². The Morgan fingerprint density at radius 3 is 2.90 bits per heavy atom. The van der Waals surface area contributed by atoms with Crippen molar-refractivity contribution in [1.29, 1.82) is 0 Å². The molecule has 1 aromatic heterocycles. The zero-order chi connectivity index (χ0) is 14.4. The fraction of sp³-hybridized carbons (Fsp3) is 0.533. The van der Waals surface area contributed by atoms with Crippen molar-refractivity contribution < 1.29 is 4.74 Å². The minimum atomic E-state index is 0.696. The van der Waals surface area contributed by atoms with E-state index < -0.39 is 0 Å². The Bertz CT molecular complexity index is 539. The van der Waals surface area contributed by atoms with Gasteiger partial charge in [0.1, 0.15) is 5.75 Å². The van der Waals surface area contributed by atoms with Gasteiger partial charge in [-0.05, 0) is 58.6 Å². The Morgan fingerprint density at radius 2 is 2.15 bits per heavy atom. The van der Waals surface area contributed by atoms with Gasteiger partial charge in [-0.25, -0.2) is 4.98 Å². The Morgan fingerprint density at radius 1 is 1.30 bits per heavy atom. The van der Waals surface area contributed by atoms with Gasteiger partial charge in [-0.1, -0.05) is 11.3 Å². The molecule has 1 heterocycles. The Hall–Kier alpha value is -1.33. The zero-order valence-electron chi connectivity index (χ0n) is 12.5. The van der Waals surface area contributed by atoms with E-state index >= 15 is 0 Å². The highest BCUT2D eigenvalue weighted by atomic mass is 32.1. The molecule has 0 aliphatic carbocycles. The molecule has 110 valence electrons. The zero-order valence-corrected chi connectivity index (χ0v) is 13.3. The highest BCUT2D eigenvalue weighted by Gasteiger charge is 2.04. The maximum atomic E-state index is 5.51. The minimum absolute atomic E-state index is 0.696. The van der Waals surface area contributed by atoms with Crippen molar-refractivity contribution in [3.8, 4) is 5.75 Å². The van der Waals surface area contributed by atoms with E-state index in [4.69, 9.17) is 4.74 Å². The average Bonchev–Trinajstić information content (AvgIpc) is 2.80. The number of thiazole rings is 1. The van der Waals surface area contributed by atoms with Gasteiger partial charge in [-0.2, -0.15) is 0 Å². The number of fused-ring (bicyclic) bond motifs is 1. The van der Waals surface area contributed by atoms with Gasteiger partial charge >= 0.3 is 0 Å². The van der Waals surface area contributed by atoms with Gasteiger partial charge in [0.2, 0.25) is 0 Å². The summed E-state index contributed by atoms with van der Waals surface area (Å²) in [4.78, 5) is 6.80. The third kappa shape index (κ3) is 4.35. The Balaban J connectivity index is 1.87. The first kappa shape index (κ1) is 15.1. The van der Waals surface area contributed by atoms with Crippen molar-refractivity contribution in [1.82, 2.24) is 9.88 Å². The predicted molar refractivity (Wildman–Crippen MR) is 87.1 cm³/mol. The van der Waals surface area contributed by atoms with Crippen molar-refractivity contribution in [3.05, 3.63) is 18.2 Å². The SMILES string of the molecule is CCOc1ccc2nc(NCCCCN(C)C)sc2c1. The second-order valence-electron chi connectivity index (χ2n) is 5.02. The average molecular weight is 293 g/mol. The van der Waals surface area contributed by atoms with Crippen molar-refractivity contribution >= 4 is 26.7 Å². The first-order valence-corrected chi connectivity index (χ1v) is 7.92. The standard InChI is InChI=1S/C15H23N3OS/c1-4-19-12-7-8-13-14(11-12)20-15(17-13)16-9-5-6-10-18(2)3/h7-8,11H,4-6,9-10H2,1-3H3,(H,16,17). The highest BCUT2D eigenvalue weighted by molar-refractivity contribution is 7.22. The predicted octanol–water partition coefficient (Wildman–Crippen LogP) is 3.45. The summed E-state index contributed by atoms with van der Waals surface area (Å²) in [5.74, 6) is 0.918. The van der Waals surface area contributed by atoms with E-state index in [0.717, 1.165) is 35.9 Å². The molecule has 0 fully saturated rings. The smallest absolute Gasteiger partial charge is 0.183 e. The number of nitrogens with one attached hydrogen (secondary N) is 1. The lowest BCUT2D eigenvalue weighted by molar-refractivity contribution is 0.341. The van der Waals surface area contributed by atoms with Crippen LogP contribution in [0.4, 0.5) is 5.13 Å². The number of unbranched alkanes of at least 4 members (excludes halogenated alkanes) is 1. The summed E-state index contributed by atoms with van der Waals surface area (Å²) < 4.78 is 6.69. The van der Waals surface area contributed by atoms with E-state index in [-0.39, 0.29) is 0 Å². The Labute approximate surface area is 124 Å². The van der Waals surface area contributed by atoms with Crippen LogP contribution < -0.4 is 10.1 Å². The number of rotatable bonds is 8. The lowest BCUT2D eigenvalue weighted by atomic mass is 10.3. The quantitative estimate of drug-likeness (QED) is 0.756. The summed E-state index contributed by atoms with van der Waals surface area (Å²) in [6.07, 6.45) is 2.37. The highest BCUT2D eigenvalue weighted by Crippen LogP contribution is 2.29. The Kier molecular flexibility index (Phi) is 5.61. The lowest BCUT2D eigenvalue weighted by Gasteiger charge is -2.08. The van der Waals surface area contributed by atoms with Crippen LogP contribution in [-0.4, -0.2) is 43.7 Å². The second-order valence-corrected chi connectivity index (χ2v) is 6.05. The summed E-state index contributed by atoms with van der Waals surface area (Å²) in [6.45, 7) is 4.81. The molecule has 0 saturated carbocycles. The number of hydrogen-bond acceptors (Lipinski definition) is 5. The molecule has 4 nitrogen and oxygen atoms in total. The molecule has 2 rings (SSSR count). The van der Waals surface area contributed by atoms with Crippen LogP contribution in [-0.2, 0) is 0 Å². The first-order valence-electron chi connectivity index (χ1n) is 7.11. The van der Waals surface area contributed by atoms with Crippen LogP contribution in [0.5, 0.6) is 5.75 Å². The fourth-order valence-electron chi connectivity index (χ4n) is 1.99. The van der Waals surface area contributed by atoms with Gasteiger partial charge in [0.15, 0.2) is 5.13 Å². The van der Waals surface area contributed by atoms with Gasteiger partial charge in [-0.3, -0.25) is 0 Å². The molecular weight excluding hydrogens is 270 g/mol. The van der Waals surface area contributed by atoms with Crippen LogP contribution in [0.1, 0.15) is 19.8 Å². The molecule has 1 N–H and O–H groups in total. The molecule has 0 saturated heterocycles. The largest absolute Gasteiger partial charge is 0.494 e. The molecule has 0 bridgehead atoms. The van der Waals surface area contributed by atoms with Gasteiger partial charge in [0, 0.05) is 6.54 Å². The number of benzene rings is 1. The van der Waals surface area contributed by atoms with E-state index in [1.165, 1.54) is 11.1 Å².